The Morgan fingerprint density at radius 3 is 2.55 bits per heavy atom. The zero-order valence-corrected chi connectivity index (χ0v) is 13.0. The largest absolute Gasteiger partial charge is 0.394 e. The van der Waals surface area contributed by atoms with E-state index in [-0.39, 0.29) is 19.0 Å². The quantitative estimate of drug-likeness (QED) is 0.560. The van der Waals surface area contributed by atoms with Crippen molar-refractivity contribution in [3.63, 3.8) is 0 Å². The predicted molar refractivity (Wildman–Crippen MR) is 79.7 cm³/mol. The minimum Gasteiger partial charge on any atom is -0.394 e. The fourth-order valence-corrected chi connectivity index (χ4v) is 2.38. The molecule has 0 aliphatic carbocycles. The van der Waals surface area contributed by atoms with Gasteiger partial charge in [-0.1, -0.05) is 45.4 Å². The van der Waals surface area contributed by atoms with Crippen LogP contribution in [-0.4, -0.2) is 43.9 Å². The Labute approximate surface area is 123 Å². The smallest absolute Gasteiger partial charge is 0.160 e. The van der Waals surface area contributed by atoms with E-state index in [0.717, 1.165) is 25.9 Å². The van der Waals surface area contributed by atoms with Crippen molar-refractivity contribution >= 4 is 0 Å². The molecule has 0 amide bonds. The second kappa shape index (κ2) is 12.6. The van der Waals surface area contributed by atoms with Crippen LogP contribution in [0.15, 0.2) is 0 Å². The van der Waals surface area contributed by atoms with Gasteiger partial charge in [-0.25, -0.2) is 0 Å². The number of aliphatic hydroxyl groups is 1. The van der Waals surface area contributed by atoms with Gasteiger partial charge in [-0.2, -0.15) is 0 Å². The molecule has 0 spiro atoms. The van der Waals surface area contributed by atoms with Crippen LogP contribution in [-0.2, 0) is 14.2 Å². The van der Waals surface area contributed by atoms with Crippen molar-refractivity contribution in [2.75, 3.05) is 26.4 Å². The van der Waals surface area contributed by atoms with Crippen LogP contribution >= 0.6 is 0 Å². The number of ether oxygens (including phenoxy) is 3. The van der Waals surface area contributed by atoms with Crippen molar-refractivity contribution < 1.29 is 19.3 Å². The van der Waals surface area contributed by atoms with E-state index in [1.54, 1.807) is 0 Å². The molecule has 4 heteroatoms. The summed E-state index contributed by atoms with van der Waals surface area (Å²) in [5.74, 6) is 0. The van der Waals surface area contributed by atoms with E-state index < -0.39 is 0 Å². The van der Waals surface area contributed by atoms with Gasteiger partial charge in [-0.15, -0.1) is 0 Å². The normalized spacial score (nSPS) is 23.1. The molecule has 4 nitrogen and oxygen atoms in total. The Hall–Kier alpha value is -0.160. The Bertz CT molecular complexity index is 211. The molecule has 0 aromatic carbocycles. The molecule has 1 aliphatic rings. The summed E-state index contributed by atoms with van der Waals surface area (Å²) in [5, 5.41) is 9.04. The summed E-state index contributed by atoms with van der Waals surface area (Å²) in [5.41, 5.74) is 0. The van der Waals surface area contributed by atoms with Gasteiger partial charge >= 0.3 is 0 Å². The van der Waals surface area contributed by atoms with Crippen molar-refractivity contribution in [1.29, 1.82) is 0 Å². The average Bonchev–Trinajstić information content (AvgIpc) is 2.49. The van der Waals surface area contributed by atoms with Gasteiger partial charge in [0, 0.05) is 13.0 Å². The lowest BCUT2D eigenvalue weighted by molar-refractivity contribution is -0.225. The average molecular weight is 288 g/mol. The lowest BCUT2D eigenvalue weighted by atomic mass is 10.1. The fraction of sp³-hybridized carbons (Fsp3) is 1.00. The van der Waals surface area contributed by atoms with E-state index >= 15 is 0 Å². The molecule has 1 N–H and O–H groups in total. The molecule has 1 rings (SSSR count). The third-order valence-corrected chi connectivity index (χ3v) is 3.68. The molecule has 1 heterocycles. The van der Waals surface area contributed by atoms with Gasteiger partial charge in [-0.05, 0) is 12.8 Å². The van der Waals surface area contributed by atoms with Crippen molar-refractivity contribution in [2.45, 2.75) is 77.1 Å². The fourth-order valence-electron chi connectivity index (χ4n) is 2.38. The van der Waals surface area contributed by atoms with Crippen molar-refractivity contribution in [2.24, 2.45) is 0 Å². The highest BCUT2D eigenvalue weighted by atomic mass is 16.7. The van der Waals surface area contributed by atoms with Crippen molar-refractivity contribution in [3.8, 4) is 0 Å². The van der Waals surface area contributed by atoms with Gasteiger partial charge in [0.1, 0.15) is 0 Å². The molecule has 20 heavy (non-hydrogen) atoms. The zero-order chi connectivity index (χ0) is 14.5. The van der Waals surface area contributed by atoms with Gasteiger partial charge in [0.2, 0.25) is 0 Å². The first-order valence-corrected chi connectivity index (χ1v) is 8.32. The summed E-state index contributed by atoms with van der Waals surface area (Å²) in [6.07, 6.45) is 10.4. The molecule has 0 saturated carbocycles. The van der Waals surface area contributed by atoms with Gasteiger partial charge in [0.05, 0.1) is 25.9 Å². The third kappa shape index (κ3) is 8.90. The van der Waals surface area contributed by atoms with E-state index in [1.165, 1.54) is 38.5 Å². The van der Waals surface area contributed by atoms with Crippen molar-refractivity contribution in [1.82, 2.24) is 0 Å². The lowest BCUT2D eigenvalue weighted by Gasteiger charge is -2.29. The molecule has 2 atom stereocenters. The van der Waals surface area contributed by atoms with Gasteiger partial charge < -0.3 is 19.3 Å². The lowest BCUT2D eigenvalue weighted by Crippen LogP contribution is -2.35. The highest BCUT2D eigenvalue weighted by molar-refractivity contribution is 4.62. The number of hydrogen-bond acceptors (Lipinski definition) is 4. The molecule has 1 aliphatic heterocycles. The predicted octanol–water partition coefficient (Wildman–Crippen LogP) is 3.27. The molecule has 1 fully saturated rings. The first-order valence-electron chi connectivity index (χ1n) is 8.32. The SMILES string of the molecule is CCCCCCCCCOCC[C@H]1OCC[C@H](CO)O1. The highest BCUT2D eigenvalue weighted by Crippen LogP contribution is 2.14. The standard InChI is InChI=1S/C16H32O4/c1-2-3-4-5-6-7-8-11-18-12-10-16-19-13-9-15(14-17)20-16/h15-17H,2-14H2,1H3/t15-,16+/m1/s1. The second-order valence-electron chi connectivity index (χ2n) is 5.55. The van der Waals surface area contributed by atoms with Crippen molar-refractivity contribution in [3.05, 3.63) is 0 Å². The van der Waals surface area contributed by atoms with Crippen LogP contribution in [0, 0.1) is 0 Å². The zero-order valence-electron chi connectivity index (χ0n) is 13.0. The third-order valence-electron chi connectivity index (χ3n) is 3.68. The number of hydrogen-bond donors (Lipinski definition) is 1. The summed E-state index contributed by atoms with van der Waals surface area (Å²) >= 11 is 0. The highest BCUT2D eigenvalue weighted by Gasteiger charge is 2.21. The van der Waals surface area contributed by atoms with Gasteiger partial charge in [0.25, 0.3) is 0 Å². The Morgan fingerprint density at radius 2 is 1.80 bits per heavy atom. The Balaban J connectivity index is 1.82. The molecule has 0 bridgehead atoms. The number of unbranched alkanes of at least 4 members (excludes halogenated alkanes) is 6. The van der Waals surface area contributed by atoms with Crippen LogP contribution in [0.25, 0.3) is 0 Å². The number of aliphatic hydroxyl groups excluding tert-OH is 1. The summed E-state index contributed by atoms with van der Waals surface area (Å²) in [4.78, 5) is 0. The van der Waals surface area contributed by atoms with Crippen LogP contribution in [0.5, 0.6) is 0 Å². The summed E-state index contributed by atoms with van der Waals surface area (Å²) in [6.45, 7) is 4.52. The van der Waals surface area contributed by atoms with E-state index in [0.29, 0.717) is 13.2 Å². The van der Waals surface area contributed by atoms with E-state index in [9.17, 15) is 0 Å². The van der Waals surface area contributed by atoms with Crippen LogP contribution in [0.4, 0.5) is 0 Å². The maximum absolute atomic E-state index is 9.04. The summed E-state index contributed by atoms with van der Waals surface area (Å²) in [7, 11) is 0. The van der Waals surface area contributed by atoms with Crippen LogP contribution in [0.3, 0.4) is 0 Å². The maximum Gasteiger partial charge on any atom is 0.160 e. The molecule has 0 unspecified atom stereocenters. The monoisotopic (exact) mass is 288 g/mol. The second-order valence-corrected chi connectivity index (χ2v) is 5.55. The first-order chi connectivity index (χ1) is 9.86. The minimum atomic E-state index is -0.199. The van der Waals surface area contributed by atoms with Crippen LogP contribution in [0.2, 0.25) is 0 Å². The van der Waals surface area contributed by atoms with Gasteiger partial charge in [0.15, 0.2) is 6.29 Å². The van der Waals surface area contributed by atoms with E-state index in [1.807, 2.05) is 0 Å². The topological polar surface area (TPSA) is 47.9 Å². The molecule has 0 aromatic heterocycles. The van der Waals surface area contributed by atoms with Crippen LogP contribution < -0.4 is 0 Å². The van der Waals surface area contributed by atoms with E-state index in [2.05, 4.69) is 6.92 Å². The molecule has 0 aromatic rings. The Morgan fingerprint density at radius 1 is 1.05 bits per heavy atom. The molecular formula is C16H32O4. The molecule has 1 saturated heterocycles. The maximum atomic E-state index is 9.04. The van der Waals surface area contributed by atoms with E-state index in [4.69, 9.17) is 19.3 Å². The van der Waals surface area contributed by atoms with Gasteiger partial charge in [-0.3, -0.25) is 0 Å². The molecular weight excluding hydrogens is 256 g/mol. The Kier molecular flexibility index (Phi) is 11.2. The molecule has 0 radical (unpaired) electrons. The minimum absolute atomic E-state index is 0.0585. The first kappa shape index (κ1) is 17.9. The van der Waals surface area contributed by atoms with Crippen LogP contribution in [0.1, 0.15) is 64.7 Å². The molecule has 120 valence electrons. The number of rotatable bonds is 12. The summed E-state index contributed by atoms with van der Waals surface area (Å²) < 4.78 is 16.7. The summed E-state index contributed by atoms with van der Waals surface area (Å²) in [6, 6.07) is 0.